The largest absolute Gasteiger partial charge is 0.248 e. The first kappa shape index (κ1) is 31.0. The normalized spacial score (nSPS) is 11.0. The number of hydrogen-bond donors (Lipinski definition) is 0. The summed E-state index contributed by atoms with van der Waals surface area (Å²) >= 11 is 0. The molecule has 0 aliphatic heterocycles. The Labute approximate surface area is 295 Å². The fraction of sp³-hybridized carbons (Fsp3) is 0.0408. The standard InChI is InChI=1S/C49H37N/c1-34-14-18-37(19-15-34)43-10-6-12-45(30-43)39-22-26-41(27-23-39)48-32-47(36-8-4-3-5-9-36)33-49(50-48)42-28-24-40(25-29-42)46-13-7-11-44(31-46)38-20-16-35(2)17-21-38/h3-33H,1-2H3. The summed E-state index contributed by atoms with van der Waals surface area (Å²) in [6, 6.07) is 67.6. The first-order chi connectivity index (χ1) is 24.6. The maximum absolute atomic E-state index is 5.23. The van der Waals surface area contributed by atoms with Crippen molar-refractivity contribution in [1.29, 1.82) is 0 Å². The van der Waals surface area contributed by atoms with E-state index in [1.165, 1.54) is 61.2 Å². The Bertz CT molecular complexity index is 2230. The van der Waals surface area contributed by atoms with Gasteiger partial charge in [0, 0.05) is 11.1 Å². The van der Waals surface area contributed by atoms with E-state index in [2.05, 4.69) is 202 Å². The van der Waals surface area contributed by atoms with Gasteiger partial charge >= 0.3 is 0 Å². The molecule has 1 heteroatoms. The average Bonchev–Trinajstić information content (AvgIpc) is 3.19. The molecule has 0 spiro atoms. The van der Waals surface area contributed by atoms with Gasteiger partial charge in [0.15, 0.2) is 0 Å². The molecule has 0 atom stereocenters. The molecule has 7 aromatic carbocycles. The molecular weight excluding hydrogens is 603 g/mol. The number of hydrogen-bond acceptors (Lipinski definition) is 1. The van der Waals surface area contributed by atoms with Gasteiger partial charge in [-0.05, 0) is 93.7 Å². The SMILES string of the molecule is Cc1ccc(-c2cccc(-c3ccc(-c4cc(-c5ccccc5)cc(-c5ccc(-c6cccc(-c7ccc(C)cc7)c6)cc5)n4)cc3)c2)cc1. The van der Waals surface area contributed by atoms with Gasteiger partial charge in [-0.2, -0.15) is 0 Å². The van der Waals surface area contributed by atoms with Crippen molar-refractivity contribution >= 4 is 0 Å². The van der Waals surface area contributed by atoms with Crippen LogP contribution >= 0.6 is 0 Å². The van der Waals surface area contributed by atoms with E-state index in [1.54, 1.807) is 0 Å². The van der Waals surface area contributed by atoms with Crippen LogP contribution in [0.2, 0.25) is 0 Å². The highest BCUT2D eigenvalue weighted by Gasteiger charge is 2.11. The molecule has 0 bridgehead atoms. The first-order valence-corrected chi connectivity index (χ1v) is 17.2. The molecule has 8 aromatic rings. The van der Waals surface area contributed by atoms with Gasteiger partial charge in [0.1, 0.15) is 0 Å². The highest BCUT2D eigenvalue weighted by Crippen LogP contribution is 2.34. The molecule has 0 fully saturated rings. The van der Waals surface area contributed by atoms with Gasteiger partial charge in [0.2, 0.25) is 0 Å². The van der Waals surface area contributed by atoms with Crippen LogP contribution < -0.4 is 0 Å². The lowest BCUT2D eigenvalue weighted by molar-refractivity contribution is 1.32. The Balaban J connectivity index is 1.11. The zero-order chi connectivity index (χ0) is 33.9. The van der Waals surface area contributed by atoms with Gasteiger partial charge in [-0.25, -0.2) is 4.98 Å². The molecule has 238 valence electrons. The Hall–Kier alpha value is -6.31. The molecule has 0 saturated carbocycles. The van der Waals surface area contributed by atoms with E-state index in [1.807, 2.05) is 0 Å². The third-order valence-corrected chi connectivity index (χ3v) is 9.46. The molecule has 50 heavy (non-hydrogen) atoms. The molecule has 0 amide bonds. The predicted octanol–water partition coefficient (Wildman–Crippen LogP) is 13.4. The Kier molecular flexibility index (Phi) is 8.47. The molecule has 1 nitrogen and oxygen atoms in total. The number of nitrogens with zero attached hydrogens (tertiary/aromatic N) is 1. The van der Waals surface area contributed by atoms with Crippen LogP contribution in [0.15, 0.2) is 188 Å². The second-order valence-electron chi connectivity index (χ2n) is 13.0. The van der Waals surface area contributed by atoms with Gasteiger partial charge in [-0.15, -0.1) is 0 Å². The van der Waals surface area contributed by atoms with Crippen LogP contribution in [0.25, 0.3) is 78.1 Å². The topological polar surface area (TPSA) is 12.9 Å². The molecule has 0 aliphatic carbocycles. The second kappa shape index (κ2) is 13.7. The van der Waals surface area contributed by atoms with Crippen molar-refractivity contribution in [2.75, 3.05) is 0 Å². The Morgan fingerprint density at radius 1 is 0.240 bits per heavy atom. The number of pyridine rings is 1. The van der Waals surface area contributed by atoms with Gasteiger partial charge in [-0.3, -0.25) is 0 Å². The fourth-order valence-electron chi connectivity index (χ4n) is 6.54. The van der Waals surface area contributed by atoms with E-state index in [-0.39, 0.29) is 0 Å². The van der Waals surface area contributed by atoms with Crippen LogP contribution in [0.1, 0.15) is 11.1 Å². The summed E-state index contributed by atoms with van der Waals surface area (Å²) in [6.45, 7) is 4.25. The van der Waals surface area contributed by atoms with Crippen LogP contribution in [-0.2, 0) is 0 Å². The third-order valence-electron chi connectivity index (χ3n) is 9.46. The van der Waals surface area contributed by atoms with E-state index >= 15 is 0 Å². The van der Waals surface area contributed by atoms with Gasteiger partial charge in [0.25, 0.3) is 0 Å². The fourth-order valence-corrected chi connectivity index (χ4v) is 6.54. The van der Waals surface area contributed by atoms with E-state index in [4.69, 9.17) is 4.98 Å². The van der Waals surface area contributed by atoms with Crippen LogP contribution in [0.4, 0.5) is 0 Å². The van der Waals surface area contributed by atoms with E-state index in [0.29, 0.717) is 0 Å². The van der Waals surface area contributed by atoms with E-state index in [9.17, 15) is 0 Å². The zero-order valence-electron chi connectivity index (χ0n) is 28.3. The molecule has 0 saturated heterocycles. The van der Waals surface area contributed by atoms with Crippen molar-refractivity contribution in [2.24, 2.45) is 0 Å². The second-order valence-corrected chi connectivity index (χ2v) is 13.0. The van der Waals surface area contributed by atoms with Crippen molar-refractivity contribution in [2.45, 2.75) is 13.8 Å². The first-order valence-electron chi connectivity index (χ1n) is 17.2. The van der Waals surface area contributed by atoms with Crippen molar-refractivity contribution in [3.05, 3.63) is 199 Å². The highest BCUT2D eigenvalue weighted by atomic mass is 14.7. The van der Waals surface area contributed by atoms with E-state index in [0.717, 1.165) is 28.1 Å². The number of aromatic nitrogens is 1. The van der Waals surface area contributed by atoms with Crippen molar-refractivity contribution in [3.63, 3.8) is 0 Å². The van der Waals surface area contributed by atoms with E-state index < -0.39 is 0 Å². The highest BCUT2D eigenvalue weighted by molar-refractivity contribution is 5.80. The lowest BCUT2D eigenvalue weighted by Crippen LogP contribution is -1.92. The molecule has 0 aliphatic rings. The van der Waals surface area contributed by atoms with Crippen molar-refractivity contribution < 1.29 is 0 Å². The molecule has 1 aromatic heterocycles. The van der Waals surface area contributed by atoms with Crippen LogP contribution in [0.5, 0.6) is 0 Å². The molecule has 1 heterocycles. The van der Waals surface area contributed by atoms with Gasteiger partial charge < -0.3 is 0 Å². The third kappa shape index (κ3) is 6.67. The molecule has 0 N–H and O–H groups in total. The number of benzene rings is 7. The Morgan fingerprint density at radius 3 is 0.920 bits per heavy atom. The summed E-state index contributed by atoms with van der Waals surface area (Å²) in [5.74, 6) is 0. The number of aryl methyl sites for hydroxylation is 2. The maximum Gasteiger partial charge on any atom is 0.0715 e. The quantitative estimate of drug-likeness (QED) is 0.169. The Morgan fingerprint density at radius 2 is 0.540 bits per heavy atom. The van der Waals surface area contributed by atoms with Gasteiger partial charge in [-0.1, -0.05) is 175 Å². The van der Waals surface area contributed by atoms with Crippen molar-refractivity contribution in [1.82, 2.24) is 4.98 Å². The summed E-state index contributed by atoms with van der Waals surface area (Å²) in [6.07, 6.45) is 0. The molecule has 0 radical (unpaired) electrons. The van der Waals surface area contributed by atoms with Crippen LogP contribution in [-0.4, -0.2) is 4.98 Å². The molecular formula is C49H37N. The van der Waals surface area contributed by atoms with Crippen LogP contribution in [0, 0.1) is 13.8 Å². The summed E-state index contributed by atoms with van der Waals surface area (Å²) in [7, 11) is 0. The summed E-state index contributed by atoms with van der Waals surface area (Å²) < 4.78 is 0. The zero-order valence-corrected chi connectivity index (χ0v) is 28.3. The lowest BCUT2D eigenvalue weighted by atomic mass is 9.96. The summed E-state index contributed by atoms with van der Waals surface area (Å²) in [5.41, 5.74) is 18.6. The lowest BCUT2D eigenvalue weighted by Gasteiger charge is -2.12. The van der Waals surface area contributed by atoms with Crippen LogP contribution in [0.3, 0.4) is 0 Å². The minimum atomic E-state index is 0.955. The molecule has 8 rings (SSSR count). The molecule has 0 unspecified atom stereocenters. The summed E-state index contributed by atoms with van der Waals surface area (Å²) in [5, 5.41) is 0. The monoisotopic (exact) mass is 639 g/mol. The minimum Gasteiger partial charge on any atom is -0.248 e. The summed E-state index contributed by atoms with van der Waals surface area (Å²) in [4.78, 5) is 5.23. The predicted molar refractivity (Wildman–Crippen MR) is 212 cm³/mol. The average molecular weight is 640 g/mol. The van der Waals surface area contributed by atoms with Gasteiger partial charge in [0.05, 0.1) is 11.4 Å². The smallest absolute Gasteiger partial charge is 0.0715 e. The minimum absolute atomic E-state index is 0.955. The van der Waals surface area contributed by atoms with Crippen molar-refractivity contribution in [3.8, 4) is 78.1 Å². The number of rotatable bonds is 7. The maximum atomic E-state index is 5.23.